The molecule has 0 saturated heterocycles. The van der Waals surface area contributed by atoms with Crippen molar-refractivity contribution in [2.24, 2.45) is 0 Å². The Morgan fingerprint density at radius 2 is 1.79 bits per heavy atom. The summed E-state index contributed by atoms with van der Waals surface area (Å²) in [6.45, 7) is 0.474. The van der Waals surface area contributed by atoms with Crippen LogP contribution in [0.25, 0.3) is 12.2 Å². The van der Waals surface area contributed by atoms with Gasteiger partial charge in [-0.1, -0.05) is 54.6 Å². The van der Waals surface area contributed by atoms with Crippen LogP contribution in [0.1, 0.15) is 27.0 Å². The van der Waals surface area contributed by atoms with E-state index in [0.717, 1.165) is 23.1 Å². The Morgan fingerprint density at radius 3 is 2.63 bits per heavy atom. The smallest absolute Gasteiger partial charge is 0.338 e. The summed E-state index contributed by atoms with van der Waals surface area (Å²) in [6, 6.07) is 15.9. The Hall–Kier alpha value is -2.35. The Morgan fingerprint density at radius 1 is 0.947 bits per heavy atom. The number of fused-ring (bicyclic) bond motifs is 1. The molecule has 2 aromatic rings. The van der Waals surface area contributed by atoms with Crippen molar-refractivity contribution in [3.8, 4) is 0 Å². The van der Waals surface area contributed by atoms with Gasteiger partial charge in [-0.15, -0.1) is 0 Å². The first-order chi connectivity index (χ1) is 9.34. The molecule has 0 unspecified atom stereocenters. The van der Waals surface area contributed by atoms with Crippen molar-refractivity contribution in [1.29, 1.82) is 0 Å². The number of hydrogen-bond donors (Lipinski definition) is 0. The van der Waals surface area contributed by atoms with Gasteiger partial charge in [-0.2, -0.15) is 0 Å². The molecule has 3 rings (SSSR count). The lowest BCUT2D eigenvalue weighted by atomic mass is 9.96. The molecular formula is C17H14O2. The Labute approximate surface area is 112 Å². The van der Waals surface area contributed by atoms with Crippen molar-refractivity contribution < 1.29 is 9.53 Å². The Balaban J connectivity index is 1.96. The quantitative estimate of drug-likeness (QED) is 0.601. The third-order valence-electron chi connectivity index (χ3n) is 3.27. The second kappa shape index (κ2) is 5.11. The lowest BCUT2D eigenvalue weighted by Crippen LogP contribution is -2.18. The molecule has 2 heteroatoms. The van der Waals surface area contributed by atoms with Crippen LogP contribution >= 0.6 is 0 Å². The van der Waals surface area contributed by atoms with Crippen LogP contribution in [0.15, 0.2) is 48.5 Å². The highest BCUT2D eigenvalue weighted by Crippen LogP contribution is 2.22. The molecule has 0 spiro atoms. The van der Waals surface area contributed by atoms with E-state index >= 15 is 0 Å². The van der Waals surface area contributed by atoms with Crippen LogP contribution in [0.5, 0.6) is 0 Å². The first-order valence-corrected chi connectivity index (χ1v) is 6.37. The summed E-state index contributed by atoms with van der Waals surface area (Å²) in [6.07, 6.45) is 4.92. The molecular weight excluding hydrogens is 236 g/mol. The normalized spacial score (nSPS) is 14.2. The van der Waals surface area contributed by atoms with Crippen molar-refractivity contribution in [3.05, 3.63) is 70.8 Å². The molecule has 0 aliphatic carbocycles. The first-order valence-electron chi connectivity index (χ1n) is 6.37. The van der Waals surface area contributed by atoms with Crippen molar-refractivity contribution >= 4 is 18.1 Å². The second-order valence-corrected chi connectivity index (χ2v) is 4.50. The van der Waals surface area contributed by atoms with Gasteiger partial charge in [-0.25, -0.2) is 4.79 Å². The summed E-state index contributed by atoms with van der Waals surface area (Å²) in [4.78, 5) is 11.7. The number of esters is 1. The number of hydrogen-bond acceptors (Lipinski definition) is 2. The third-order valence-corrected chi connectivity index (χ3v) is 3.27. The van der Waals surface area contributed by atoms with E-state index in [-0.39, 0.29) is 5.97 Å². The van der Waals surface area contributed by atoms with Gasteiger partial charge in [0.25, 0.3) is 0 Å². The SMILES string of the molecule is O=C1OCCc2c(/C=C\c3ccccc3)cccc21. The number of benzene rings is 2. The van der Waals surface area contributed by atoms with E-state index in [1.807, 2.05) is 36.4 Å². The van der Waals surface area contributed by atoms with E-state index in [2.05, 4.69) is 24.3 Å². The van der Waals surface area contributed by atoms with E-state index in [1.54, 1.807) is 0 Å². The molecule has 0 bridgehead atoms. The van der Waals surface area contributed by atoms with Crippen molar-refractivity contribution in [3.63, 3.8) is 0 Å². The van der Waals surface area contributed by atoms with E-state index in [9.17, 15) is 4.79 Å². The monoisotopic (exact) mass is 250 g/mol. The van der Waals surface area contributed by atoms with Gasteiger partial charge in [0.1, 0.15) is 0 Å². The molecule has 2 aromatic carbocycles. The molecule has 1 heterocycles. The predicted octanol–water partition coefficient (Wildman–Crippen LogP) is 3.57. The van der Waals surface area contributed by atoms with Gasteiger partial charge < -0.3 is 4.74 Å². The Kier molecular flexibility index (Phi) is 3.15. The lowest BCUT2D eigenvalue weighted by Gasteiger charge is -2.17. The van der Waals surface area contributed by atoms with E-state index in [0.29, 0.717) is 12.2 Å². The highest BCUT2D eigenvalue weighted by molar-refractivity contribution is 5.93. The van der Waals surface area contributed by atoms with Gasteiger partial charge in [0.05, 0.1) is 12.2 Å². The highest BCUT2D eigenvalue weighted by Gasteiger charge is 2.19. The largest absolute Gasteiger partial charge is 0.462 e. The summed E-state index contributed by atoms with van der Waals surface area (Å²) in [7, 11) is 0. The van der Waals surface area contributed by atoms with E-state index in [1.165, 1.54) is 0 Å². The molecule has 0 atom stereocenters. The van der Waals surface area contributed by atoms with Crippen LogP contribution in [0.3, 0.4) is 0 Å². The molecule has 19 heavy (non-hydrogen) atoms. The summed E-state index contributed by atoms with van der Waals surface area (Å²) < 4.78 is 5.06. The minimum absolute atomic E-state index is 0.212. The molecule has 0 saturated carbocycles. The fraction of sp³-hybridized carbons (Fsp3) is 0.118. The maximum atomic E-state index is 11.7. The average Bonchev–Trinajstić information content (AvgIpc) is 2.47. The number of ether oxygens (including phenoxy) is 1. The fourth-order valence-electron chi connectivity index (χ4n) is 2.30. The van der Waals surface area contributed by atoms with E-state index < -0.39 is 0 Å². The molecule has 94 valence electrons. The molecule has 2 nitrogen and oxygen atoms in total. The number of carbonyl (C=O) groups is 1. The number of rotatable bonds is 2. The average molecular weight is 250 g/mol. The van der Waals surface area contributed by atoms with Gasteiger partial charge in [-0.3, -0.25) is 0 Å². The highest BCUT2D eigenvalue weighted by atomic mass is 16.5. The molecule has 0 amide bonds. The molecule has 0 radical (unpaired) electrons. The van der Waals surface area contributed by atoms with Crippen LogP contribution in [0.4, 0.5) is 0 Å². The number of carbonyl (C=O) groups excluding carboxylic acids is 1. The first kappa shape index (κ1) is 11.7. The summed E-state index contributed by atoms with van der Waals surface area (Å²) in [5.74, 6) is -0.212. The molecule has 0 fully saturated rings. The van der Waals surface area contributed by atoms with Crippen LogP contribution in [-0.4, -0.2) is 12.6 Å². The minimum atomic E-state index is -0.212. The number of cyclic esters (lactones) is 1. The molecule has 1 aliphatic rings. The topological polar surface area (TPSA) is 26.3 Å². The fourth-order valence-corrected chi connectivity index (χ4v) is 2.30. The lowest BCUT2D eigenvalue weighted by molar-refractivity contribution is 0.0480. The third kappa shape index (κ3) is 2.43. The van der Waals surface area contributed by atoms with Crippen LogP contribution in [0.2, 0.25) is 0 Å². The molecule has 0 N–H and O–H groups in total. The van der Waals surface area contributed by atoms with Gasteiger partial charge in [0.2, 0.25) is 0 Å². The zero-order valence-electron chi connectivity index (χ0n) is 10.5. The van der Waals surface area contributed by atoms with Crippen LogP contribution in [-0.2, 0) is 11.2 Å². The van der Waals surface area contributed by atoms with E-state index in [4.69, 9.17) is 4.74 Å². The minimum Gasteiger partial charge on any atom is -0.462 e. The van der Waals surface area contributed by atoms with Crippen molar-refractivity contribution in [1.82, 2.24) is 0 Å². The summed E-state index contributed by atoms with van der Waals surface area (Å²) in [5.41, 5.74) is 4.03. The second-order valence-electron chi connectivity index (χ2n) is 4.50. The van der Waals surface area contributed by atoms with Crippen LogP contribution < -0.4 is 0 Å². The van der Waals surface area contributed by atoms with Gasteiger partial charge in [0, 0.05) is 6.42 Å². The van der Waals surface area contributed by atoms with Crippen molar-refractivity contribution in [2.75, 3.05) is 6.61 Å². The molecule has 0 aromatic heterocycles. The van der Waals surface area contributed by atoms with Gasteiger partial charge >= 0.3 is 5.97 Å². The standard InChI is InChI=1S/C17H14O2/c18-17-16-8-4-7-14(15(16)11-12-19-17)10-9-13-5-2-1-3-6-13/h1-10H,11-12H2/b10-9-. The van der Waals surface area contributed by atoms with Gasteiger partial charge in [0.15, 0.2) is 0 Å². The van der Waals surface area contributed by atoms with Gasteiger partial charge in [-0.05, 0) is 22.8 Å². The summed E-state index contributed by atoms with van der Waals surface area (Å²) in [5, 5.41) is 0. The molecule has 1 aliphatic heterocycles. The summed E-state index contributed by atoms with van der Waals surface area (Å²) >= 11 is 0. The zero-order valence-corrected chi connectivity index (χ0v) is 10.5. The maximum Gasteiger partial charge on any atom is 0.338 e. The van der Waals surface area contributed by atoms with Crippen molar-refractivity contribution in [2.45, 2.75) is 6.42 Å². The Bertz CT molecular complexity index is 627. The predicted molar refractivity (Wildman–Crippen MR) is 75.8 cm³/mol. The maximum absolute atomic E-state index is 11.7. The zero-order chi connectivity index (χ0) is 13.1. The van der Waals surface area contributed by atoms with Crippen LogP contribution in [0, 0.1) is 0 Å².